The number of anilines is 1. The van der Waals surface area contributed by atoms with Crippen LogP contribution in [-0.2, 0) is 0 Å². The standard InChI is InChI=1S/C17H12F2N2O2/c1-10-4-2-3-5-12(10)17(22)20-16-9-15(21-23-16)11-6-7-13(18)14(19)8-11/h2-9H,1H3,(H,20,22). The molecule has 4 nitrogen and oxygen atoms in total. The summed E-state index contributed by atoms with van der Waals surface area (Å²) in [6.45, 7) is 1.82. The van der Waals surface area contributed by atoms with E-state index in [1.165, 1.54) is 12.1 Å². The highest BCUT2D eigenvalue weighted by molar-refractivity contribution is 6.04. The summed E-state index contributed by atoms with van der Waals surface area (Å²) in [6, 6.07) is 12.0. The fourth-order valence-electron chi connectivity index (χ4n) is 2.13. The molecule has 0 spiro atoms. The number of nitrogens with one attached hydrogen (secondary N) is 1. The van der Waals surface area contributed by atoms with Gasteiger partial charge in [0.25, 0.3) is 5.91 Å². The molecule has 0 aliphatic heterocycles. The van der Waals surface area contributed by atoms with Gasteiger partial charge in [0.2, 0.25) is 5.88 Å². The van der Waals surface area contributed by atoms with E-state index >= 15 is 0 Å². The van der Waals surface area contributed by atoms with Crippen LogP contribution >= 0.6 is 0 Å². The van der Waals surface area contributed by atoms with Crippen LogP contribution in [-0.4, -0.2) is 11.1 Å². The summed E-state index contributed by atoms with van der Waals surface area (Å²) in [5, 5.41) is 6.33. The summed E-state index contributed by atoms with van der Waals surface area (Å²) in [7, 11) is 0. The predicted molar refractivity (Wildman–Crippen MR) is 81.0 cm³/mol. The lowest BCUT2D eigenvalue weighted by Gasteiger charge is -2.03. The lowest BCUT2D eigenvalue weighted by Crippen LogP contribution is -2.12. The molecular weight excluding hydrogens is 302 g/mol. The van der Waals surface area contributed by atoms with E-state index in [1.807, 2.05) is 19.1 Å². The molecule has 0 bridgehead atoms. The Labute approximate surface area is 130 Å². The van der Waals surface area contributed by atoms with Gasteiger partial charge in [-0.3, -0.25) is 10.1 Å². The number of aryl methyl sites for hydroxylation is 1. The predicted octanol–water partition coefficient (Wildman–Crippen LogP) is 4.18. The van der Waals surface area contributed by atoms with Crippen LogP contribution in [0.25, 0.3) is 11.3 Å². The van der Waals surface area contributed by atoms with E-state index in [0.717, 1.165) is 17.7 Å². The van der Waals surface area contributed by atoms with Crippen LogP contribution < -0.4 is 5.32 Å². The first kappa shape index (κ1) is 14.9. The zero-order valence-corrected chi connectivity index (χ0v) is 12.1. The first-order valence-electron chi connectivity index (χ1n) is 6.84. The molecule has 1 N–H and O–H groups in total. The molecule has 1 amide bonds. The van der Waals surface area contributed by atoms with Gasteiger partial charge in [-0.15, -0.1) is 0 Å². The first-order valence-corrected chi connectivity index (χ1v) is 6.84. The molecule has 1 aromatic heterocycles. The summed E-state index contributed by atoms with van der Waals surface area (Å²) >= 11 is 0. The Kier molecular flexibility index (Phi) is 3.89. The van der Waals surface area contributed by atoms with Crippen molar-refractivity contribution in [3.63, 3.8) is 0 Å². The summed E-state index contributed by atoms with van der Waals surface area (Å²) in [5.74, 6) is -2.13. The third kappa shape index (κ3) is 3.11. The maximum Gasteiger partial charge on any atom is 0.258 e. The maximum absolute atomic E-state index is 13.2. The van der Waals surface area contributed by atoms with Crippen molar-refractivity contribution in [2.45, 2.75) is 6.92 Å². The van der Waals surface area contributed by atoms with Crippen molar-refractivity contribution < 1.29 is 18.1 Å². The molecule has 0 aliphatic rings. The summed E-state index contributed by atoms with van der Waals surface area (Å²) in [5.41, 5.74) is 1.98. The second-order valence-corrected chi connectivity index (χ2v) is 4.97. The van der Waals surface area contributed by atoms with Crippen LogP contribution in [0.3, 0.4) is 0 Å². The molecule has 0 atom stereocenters. The average molecular weight is 314 g/mol. The Morgan fingerprint density at radius 3 is 2.61 bits per heavy atom. The number of hydrogen-bond acceptors (Lipinski definition) is 3. The molecule has 0 unspecified atom stereocenters. The Bertz CT molecular complexity index is 875. The van der Waals surface area contributed by atoms with Gasteiger partial charge >= 0.3 is 0 Å². The molecule has 0 radical (unpaired) electrons. The maximum atomic E-state index is 13.2. The topological polar surface area (TPSA) is 55.1 Å². The normalized spacial score (nSPS) is 10.6. The Morgan fingerprint density at radius 1 is 1.09 bits per heavy atom. The number of amides is 1. The van der Waals surface area contributed by atoms with Crippen LogP contribution in [0, 0.1) is 18.6 Å². The fraction of sp³-hybridized carbons (Fsp3) is 0.0588. The Hall–Kier alpha value is -3.02. The molecule has 6 heteroatoms. The van der Waals surface area contributed by atoms with Crippen LogP contribution in [0.2, 0.25) is 0 Å². The second-order valence-electron chi connectivity index (χ2n) is 4.97. The number of aromatic nitrogens is 1. The number of carbonyl (C=O) groups excluding carboxylic acids is 1. The van der Waals surface area contributed by atoms with E-state index in [0.29, 0.717) is 16.8 Å². The highest BCUT2D eigenvalue weighted by atomic mass is 19.2. The molecule has 0 saturated heterocycles. The minimum Gasteiger partial charge on any atom is -0.338 e. The van der Waals surface area contributed by atoms with Crippen LogP contribution in [0.4, 0.5) is 14.7 Å². The van der Waals surface area contributed by atoms with Gasteiger partial charge in [0.15, 0.2) is 11.6 Å². The molecule has 0 saturated carbocycles. The molecule has 3 rings (SSSR count). The molecule has 2 aromatic carbocycles. The minimum atomic E-state index is -0.976. The van der Waals surface area contributed by atoms with Gasteiger partial charge in [0.05, 0.1) is 0 Å². The molecule has 0 fully saturated rings. The van der Waals surface area contributed by atoms with Crippen LogP contribution in [0.15, 0.2) is 53.1 Å². The summed E-state index contributed by atoms with van der Waals surface area (Å²) < 4.78 is 31.2. The van der Waals surface area contributed by atoms with Gasteiger partial charge in [-0.1, -0.05) is 23.4 Å². The lowest BCUT2D eigenvalue weighted by molar-refractivity contribution is 0.102. The van der Waals surface area contributed by atoms with E-state index in [4.69, 9.17) is 4.52 Å². The van der Waals surface area contributed by atoms with Crippen LogP contribution in [0.5, 0.6) is 0 Å². The molecule has 3 aromatic rings. The highest BCUT2D eigenvalue weighted by Crippen LogP contribution is 2.24. The quantitative estimate of drug-likeness (QED) is 0.789. The van der Waals surface area contributed by atoms with Crippen molar-refractivity contribution in [1.82, 2.24) is 5.16 Å². The number of hydrogen-bond donors (Lipinski definition) is 1. The average Bonchev–Trinajstić information content (AvgIpc) is 2.99. The molecule has 116 valence electrons. The van der Waals surface area contributed by atoms with Crippen molar-refractivity contribution in [3.05, 3.63) is 71.3 Å². The van der Waals surface area contributed by atoms with E-state index in [2.05, 4.69) is 10.5 Å². The second kappa shape index (κ2) is 6.00. The monoisotopic (exact) mass is 314 g/mol. The lowest BCUT2D eigenvalue weighted by atomic mass is 10.1. The van der Waals surface area contributed by atoms with E-state index in [9.17, 15) is 13.6 Å². The van der Waals surface area contributed by atoms with Crippen molar-refractivity contribution in [1.29, 1.82) is 0 Å². The third-order valence-corrected chi connectivity index (χ3v) is 3.35. The smallest absolute Gasteiger partial charge is 0.258 e. The van der Waals surface area contributed by atoms with Gasteiger partial charge in [-0.05, 0) is 36.8 Å². The Morgan fingerprint density at radius 2 is 1.87 bits per heavy atom. The number of rotatable bonds is 3. The number of nitrogens with zero attached hydrogens (tertiary/aromatic N) is 1. The van der Waals surface area contributed by atoms with Gasteiger partial charge < -0.3 is 4.52 Å². The zero-order valence-electron chi connectivity index (χ0n) is 12.1. The molecule has 0 aliphatic carbocycles. The molecule has 23 heavy (non-hydrogen) atoms. The largest absolute Gasteiger partial charge is 0.338 e. The van der Waals surface area contributed by atoms with E-state index in [-0.39, 0.29) is 11.8 Å². The van der Waals surface area contributed by atoms with E-state index in [1.54, 1.807) is 12.1 Å². The van der Waals surface area contributed by atoms with Crippen molar-refractivity contribution in [2.24, 2.45) is 0 Å². The third-order valence-electron chi connectivity index (χ3n) is 3.35. The fourth-order valence-corrected chi connectivity index (χ4v) is 2.13. The minimum absolute atomic E-state index is 0.123. The highest BCUT2D eigenvalue weighted by Gasteiger charge is 2.13. The van der Waals surface area contributed by atoms with E-state index < -0.39 is 11.6 Å². The van der Waals surface area contributed by atoms with Gasteiger partial charge in [0.1, 0.15) is 5.69 Å². The summed E-state index contributed by atoms with van der Waals surface area (Å²) in [4.78, 5) is 12.2. The van der Waals surface area contributed by atoms with Gasteiger partial charge in [0, 0.05) is 17.2 Å². The summed E-state index contributed by atoms with van der Waals surface area (Å²) in [6.07, 6.45) is 0. The van der Waals surface area contributed by atoms with Gasteiger partial charge in [-0.2, -0.15) is 0 Å². The van der Waals surface area contributed by atoms with Crippen molar-refractivity contribution >= 4 is 11.8 Å². The number of halogens is 2. The van der Waals surface area contributed by atoms with Gasteiger partial charge in [-0.25, -0.2) is 8.78 Å². The first-order chi connectivity index (χ1) is 11.0. The Balaban J connectivity index is 1.81. The SMILES string of the molecule is Cc1ccccc1C(=O)Nc1cc(-c2ccc(F)c(F)c2)no1. The number of benzene rings is 2. The molecular formula is C17H12F2N2O2. The number of carbonyl (C=O) groups is 1. The molecule has 1 heterocycles. The van der Waals surface area contributed by atoms with Crippen molar-refractivity contribution in [2.75, 3.05) is 5.32 Å². The zero-order chi connectivity index (χ0) is 16.4. The van der Waals surface area contributed by atoms with Crippen LogP contribution in [0.1, 0.15) is 15.9 Å². The van der Waals surface area contributed by atoms with Crippen molar-refractivity contribution in [3.8, 4) is 11.3 Å².